The SMILES string of the molecule is Cc1sc(-c2ccccc2)nc1C(=O)NCc1cc(CC(OC(C)C)C(=O)OC(=O)C(F)(F)F)ccn1. The van der Waals surface area contributed by atoms with E-state index in [9.17, 15) is 27.6 Å². The predicted molar refractivity (Wildman–Crippen MR) is 129 cm³/mol. The number of aryl methyl sites for hydroxylation is 1. The molecule has 1 atom stereocenters. The van der Waals surface area contributed by atoms with Gasteiger partial charge in [-0.2, -0.15) is 13.2 Å². The number of aromatic nitrogens is 2. The van der Waals surface area contributed by atoms with Crippen molar-refractivity contribution in [3.05, 3.63) is 70.5 Å². The monoisotopic (exact) mass is 535 g/mol. The molecule has 1 N–H and O–H groups in total. The van der Waals surface area contributed by atoms with Crippen LogP contribution < -0.4 is 5.32 Å². The number of ether oxygens (including phenoxy) is 2. The molecule has 0 saturated heterocycles. The van der Waals surface area contributed by atoms with Gasteiger partial charge < -0.3 is 14.8 Å². The Kier molecular flexibility index (Phi) is 9.11. The summed E-state index contributed by atoms with van der Waals surface area (Å²) in [5.74, 6) is -4.45. The van der Waals surface area contributed by atoms with Crippen LogP contribution in [0.4, 0.5) is 13.2 Å². The van der Waals surface area contributed by atoms with Gasteiger partial charge in [-0.25, -0.2) is 14.6 Å². The van der Waals surface area contributed by atoms with Gasteiger partial charge in [0.05, 0.1) is 18.3 Å². The van der Waals surface area contributed by atoms with Crippen molar-refractivity contribution in [3.8, 4) is 10.6 Å². The first-order valence-corrected chi connectivity index (χ1v) is 12.0. The molecule has 0 radical (unpaired) electrons. The second kappa shape index (κ2) is 12.1. The van der Waals surface area contributed by atoms with Crippen molar-refractivity contribution in [1.29, 1.82) is 0 Å². The van der Waals surface area contributed by atoms with Crippen LogP contribution in [0, 0.1) is 6.92 Å². The molecule has 0 fully saturated rings. The van der Waals surface area contributed by atoms with Gasteiger partial charge in [0.25, 0.3) is 5.91 Å². The number of carbonyl (C=O) groups is 3. The minimum absolute atomic E-state index is 0.0387. The zero-order chi connectivity index (χ0) is 27.2. The van der Waals surface area contributed by atoms with Crippen molar-refractivity contribution >= 4 is 29.2 Å². The van der Waals surface area contributed by atoms with Crippen LogP contribution in [0.15, 0.2) is 48.7 Å². The molecule has 1 unspecified atom stereocenters. The molecule has 37 heavy (non-hydrogen) atoms. The fourth-order valence-electron chi connectivity index (χ4n) is 3.26. The molecule has 8 nitrogen and oxygen atoms in total. The Labute approximate surface area is 214 Å². The first-order valence-electron chi connectivity index (χ1n) is 11.2. The molecule has 0 aliphatic rings. The summed E-state index contributed by atoms with van der Waals surface area (Å²) in [6.07, 6.45) is -6.03. The van der Waals surface area contributed by atoms with Gasteiger partial charge in [0.2, 0.25) is 0 Å². The number of nitrogens with zero attached hydrogens (tertiary/aromatic N) is 2. The molecule has 0 aliphatic heterocycles. The van der Waals surface area contributed by atoms with Gasteiger partial charge in [-0.3, -0.25) is 9.78 Å². The summed E-state index contributed by atoms with van der Waals surface area (Å²) in [5, 5.41) is 3.47. The maximum atomic E-state index is 12.7. The van der Waals surface area contributed by atoms with E-state index in [2.05, 4.69) is 20.0 Å². The summed E-state index contributed by atoms with van der Waals surface area (Å²) in [7, 11) is 0. The number of rotatable bonds is 9. The van der Waals surface area contributed by atoms with Gasteiger partial charge >= 0.3 is 18.1 Å². The van der Waals surface area contributed by atoms with E-state index < -0.39 is 36.2 Å². The molecular weight excluding hydrogens is 511 g/mol. The summed E-state index contributed by atoms with van der Waals surface area (Å²) in [4.78, 5) is 45.4. The summed E-state index contributed by atoms with van der Waals surface area (Å²) < 4.78 is 46.8. The molecule has 196 valence electrons. The lowest BCUT2D eigenvalue weighted by Gasteiger charge is -2.19. The van der Waals surface area contributed by atoms with Crippen molar-refractivity contribution in [2.24, 2.45) is 0 Å². The predicted octanol–water partition coefficient (Wildman–Crippen LogP) is 4.41. The minimum Gasteiger partial charge on any atom is -0.384 e. The number of carbonyl (C=O) groups excluding carboxylic acids is 3. The molecule has 0 spiro atoms. The Balaban J connectivity index is 1.66. The number of amides is 1. The Morgan fingerprint density at radius 3 is 2.46 bits per heavy atom. The first kappa shape index (κ1) is 27.9. The van der Waals surface area contributed by atoms with Crippen LogP contribution in [0.5, 0.6) is 0 Å². The third kappa shape index (κ3) is 7.92. The van der Waals surface area contributed by atoms with Crippen LogP contribution in [0.2, 0.25) is 0 Å². The second-order valence-corrected chi connectivity index (χ2v) is 9.42. The highest BCUT2D eigenvalue weighted by atomic mass is 32.1. The molecular formula is C25H24F3N3O5S. The topological polar surface area (TPSA) is 107 Å². The fourth-order valence-corrected chi connectivity index (χ4v) is 4.18. The number of pyridine rings is 1. The van der Waals surface area contributed by atoms with Gasteiger partial charge in [-0.05, 0) is 38.5 Å². The number of benzene rings is 1. The maximum Gasteiger partial charge on any atom is 0.491 e. The number of alkyl halides is 3. The maximum absolute atomic E-state index is 12.7. The van der Waals surface area contributed by atoms with E-state index in [4.69, 9.17) is 4.74 Å². The molecule has 2 aromatic heterocycles. The molecule has 3 aromatic rings. The minimum atomic E-state index is -5.31. The van der Waals surface area contributed by atoms with E-state index in [0.717, 1.165) is 15.4 Å². The van der Waals surface area contributed by atoms with Crippen LogP contribution in [-0.2, 0) is 32.0 Å². The van der Waals surface area contributed by atoms with E-state index in [-0.39, 0.29) is 13.0 Å². The first-order chi connectivity index (χ1) is 17.4. The zero-order valence-electron chi connectivity index (χ0n) is 20.2. The normalized spacial score (nSPS) is 12.3. The van der Waals surface area contributed by atoms with Gasteiger partial charge in [-0.1, -0.05) is 30.3 Å². The summed E-state index contributed by atoms with van der Waals surface area (Å²) in [6.45, 7) is 5.01. The van der Waals surface area contributed by atoms with Crippen molar-refractivity contribution in [2.75, 3.05) is 0 Å². The van der Waals surface area contributed by atoms with E-state index in [1.807, 2.05) is 30.3 Å². The average Bonchev–Trinajstić information content (AvgIpc) is 3.23. The van der Waals surface area contributed by atoms with Gasteiger partial charge in [0.1, 0.15) is 10.7 Å². The zero-order valence-corrected chi connectivity index (χ0v) is 21.0. The summed E-state index contributed by atoms with van der Waals surface area (Å²) >= 11 is 1.40. The van der Waals surface area contributed by atoms with Crippen molar-refractivity contribution in [1.82, 2.24) is 15.3 Å². The average molecular weight is 536 g/mol. The smallest absolute Gasteiger partial charge is 0.384 e. The van der Waals surface area contributed by atoms with Gasteiger partial charge in [0.15, 0.2) is 6.10 Å². The van der Waals surface area contributed by atoms with Crippen molar-refractivity contribution in [3.63, 3.8) is 0 Å². The van der Waals surface area contributed by atoms with Crippen molar-refractivity contribution < 1.29 is 37.0 Å². The highest BCUT2D eigenvalue weighted by Crippen LogP contribution is 2.27. The van der Waals surface area contributed by atoms with E-state index in [1.54, 1.807) is 26.8 Å². The van der Waals surface area contributed by atoms with E-state index >= 15 is 0 Å². The third-order valence-corrected chi connectivity index (χ3v) is 5.91. The molecule has 3 rings (SSSR count). The molecule has 1 aromatic carbocycles. The van der Waals surface area contributed by atoms with Gasteiger partial charge in [-0.15, -0.1) is 11.3 Å². The van der Waals surface area contributed by atoms with Crippen molar-refractivity contribution in [2.45, 2.75) is 52.1 Å². The van der Waals surface area contributed by atoms with Crippen LogP contribution in [-0.4, -0.2) is 46.2 Å². The fraction of sp³-hybridized carbons (Fsp3) is 0.320. The second-order valence-electron chi connectivity index (χ2n) is 8.21. The van der Waals surface area contributed by atoms with Gasteiger partial charge in [0, 0.05) is 23.1 Å². The number of hydrogen-bond acceptors (Lipinski definition) is 8. The lowest BCUT2D eigenvalue weighted by molar-refractivity contribution is -0.205. The van der Waals surface area contributed by atoms with Crippen LogP contribution in [0.1, 0.15) is 40.5 Å². The van der Waals surface area contributed by atoms with E-state index in [0.29, 0.717) is 17.0 Å². The standard InChI is InChI=1S/C25H24F3N3O5S/c1-14(2)35-19(23(33)36-24(34)25(26,27)28)12-16-9-10-29-18(11-16)13-30-21(32)20-15(3)37-22(31-20)17-7-5-4-6-8-17/h4-11,14,19H,12-13H2,1-3H3,(H,30,32). The molecule has 0 saturated carbocycles. The summed E-state index contributed by atoms with van der Waals surface area (Å²) in [5.41, 5.74) is 2.11. The number of esters is 2. The van der Waals surface area contributed by atoms with Crippen LogP contribution in [0.3, 0.4) is 0 Å². The van der Waals surface area contributed by atoms with Crippen LogP contribution in [0.25, 0.3) is 10.6 Å². The molecule has 1 amide bonds. The Bertz CT molecular complexity index is 1260. The third-order valence-electron chi connectivity index (χ3n) is 4.89. The number of nitrogens with one attached hydrogen (secondary N) is 1. The number of halogens is 3. The Hall–Kier alpha value is -3.64. The van der Waals surface area contributed by atoms with E-state index in [1.165, 1.54) is 23.6 Å². The molecule has 0 bridgehead atoms. The Morgan fingerprint density at radius 2 is 1.81 bits per heavy atom. The molecule has 0 aliphatic carbocycles. The number of thiazole rings is 1. The largest absolute Gasteiger partial charge is 0.491 e. The molecule has 2 heterocycles. The van der Waals surface area contributed by atoms with Crippen LogP contribution >= 0.6 is 11.3 Å². The summed E-state index contributed by atoms with van der Waals surface area (Å²) in [6, 6.07) is 12.6. The lowest BCUT2D eigenvalue weighted by atomic mass is 10.1. The molecule has 12 heteroatoms. The quantitative estimate of drug-likeness (QED) is 0.319. The lowest BCUT2D eigenvalue weighted by Crippen LogP contribution is -2.36. The number of hydrogen-bond donors (Lipinski definition) is 1. The highest BCUT2D eigenvalue weighted by Gasteiger charge is 2.43. The highest BCUT2D eigenvalue weighted by molar-refractivity contribution is 7.15. The Morgan fingerprint density at radius 1 is 1.11 bits per heavy atom.